The van der Waals surface area contributed by atoms with Crippen molar-refractivity contribution < 1.29 is 14.3 Å². The number of hydrogen-bond donors (Lipinski definition) is 0. The van der Waals surface area contributed by atoms with Crippen molar-refractivity contribution in [2.75, 3.05) is 6.54 Å². The number of benzene rings is 2. The standard InChI is InChI=1S/C29H32N4O4/c1-29(2,3)37-28(35)32-14-7-10-24(32)19-33-26-12-11-23(16-22(26)18-30-33)31-15-13-25(17-27(31)34)36-20-21-8-5-4-6-9-21/h4-6,8-9,11-13,15-18,24H,7,10,14,19-20H2,1-3H3/t24-/m1/s1. The van der Waals surface area contributed by atoms with E-state index in [0.29, 0.717) is 25.4 Å². The van der Waals surface area contributed by atoms with Gasteiger partial charge in [-0.15, -0.1) is 0 Å². The lowest BCUT2D eigenvalue weighted by Gasteiger charge is -2.28. The first kappa shape index (κ1) is 24.6. The molecule has 2 aromatic heterocycles. The predicted molar refractivity (Wildman–Crippen MR) is 142 cm³/mol. The highest BCUT2D eigenvalue weighted by Gasteiger charge is 2.32. The summed E-state index contributed by atoms with van der Waals surface area (Å²) in [7, 11) is 0. The molecule has 1 saturated heterocycles. The number of ether oxygens (including phenoxy) is 2. The van der Waals surface area contributed by atoms with E-state index in [1.165, 1.54) is 6.07 Å². The van der Waals surface area contributed by atoms with Gasteiger partial charge in [0.2, 0.25) is 0 Å². The summed E-state index contributed by atoms with van der Waals surface area (Å²) in [5, 5.41) is 5.51. The van der Waals surface area contributed by atoms with Crippen LogP contribution in [0.25, 0.3) is 16.6 Å². The molecule has 192 valence electrons. The number of likely N-dealkylation sites (tertiary alicyclic amines) is 1. The SMILES string of the molecule is CC(C)(C)OC(=O)N1CCC[C@@H]1Cn1ncc2cc(-n3ccc(OCc4ccccc4)cc3=O)ccc21. The van der Waals surface area contributed by atoms with Crippen LogP contribution in [0.5, 0.6) is 5.75 Å². The lowest BCUT2D eigenvalue weighted by Crippen LogP contribution is -2.41. The van der Waals surface area contributed by atoms with E-state index in [0.717, 1.165) is 35.0 Å². The molecule has 0 spiro atoms. The first-order chi connectivity index (χ1) is 17.8. The number of hydrogen-bond acceptors (Lipinski definition) is 5. The van der Waals surface area contributed by atoms with Crippen molar-refractivity contribution in [3.8, 4) is 11.4 Å². The Morgan fingerprint density at radius 3 is 2.65 bits per heavy atom. The van der Waals surface area contributed by atoms with Crippen LogP contribution in [-0.2, 0) is 17.9 Å². The first-order valence-electron chi connectivity index (χ1n) is 12.6. The minimum Gasteiger partial charge on any atom is -0.489 e. The third kappa shape index (κ3) is 5.69. The van der Waals surface area contributed by atoms with Crippen molar-refractivity contribution in [2.24, 2.45) is 0 Å². The Bertz CT molecular complexity index is 1450. The van der Waals surface area contributed by atoms with E-state index < -0.39 is 5.60 Å². The van der Waals surface area contributed by atoms with Crippen molar-refractivity contribution in [3.63, 3.8) is 0 Å². The van der Waals surface area contributed by atoms with Crippen molar-refractivity contribution in [1.82, 2.24) is 19.2 Å². The highest BCUT2D eigenvalue weighted by Crippen LogP contribution is 2.25. The van der Waals surface area contributed by atoms with E-state index in [9.17, 15) is 9.59 Å². The molecule has 1 fully saturated rings. The number of carbonyl (C=O) groups is 1. The van der Waals surface area contributed by atoms with Gasteiger partial charge in [-0.05, 0) is 63.4 Å². The number of aromatic nitrogens is 3. The Labute approximate surface area is 216 Å². The van der Waals surface area contributed by atoms with Gasteiger partial charge in [0.15, 0.2) is 0 Å². The second-order valence-corrected chi connectivity index (χ2v) is 10.4. The number of nitrogens with zero attached hydrogens (tertiary/aromatic N) is 4. The van der Waals surface area contributed by atoms with E-state index in [1.54, 1.807) is 23.0 Å². The van der Waals surface area contributed by atoms with Crippen molar-refractivity contribution in [3.05, 3.63) is 89.0 Å². The van der Waals surface area contributed by atoms with Crippen LogP contribution in [0.4, 0.5) is 4.79 Å². The molecule has 0 saturated carbocycles. The maximum absolute atomic E-state index is 12.8. The normalized spacial score (nSPS) is 15.8. The maximum Gasteiger partial charge on any atom is 0.410 e. The van der Waals surface area contributed by atoms with Gasteiger partial charge in [-0.3, -0.25) is 14.0 Å². The summed E-state index contributed by atoms with van der Waals surface area (Å²) in [6.45, 7) is 7.33. The molecule has 1 aliphatic heterocycles. The van der Waals surface area contributed by atoms with Crippen molar-refractivity contribution in [2.45, 2.75) is 58.4 Å². The fourth-order valence-corrected chi connectivity index (χ4v) is 4.66. The minimum absolute atomic E-state index is 0.0312. The van der Waals surface area contributed by atoms with Gasteiger partial charge >= 0.3 is 6.09 Å². The summed E-state index contributed by atoms with van der Waals surface area (Å²) in [5.74, 6) is 0.533. The van der Waals surface area contributed by atoms with Crippen LogP contribution in [0.1, 0.15) is 39.2 Å². The smallest absolute Gasteiger partial charge is 0.410 e. The minimum atomic E-state index is -0.524. The van der Waals surface area contributed by atoms with Crippen LogP contribution >= 0.6 is 0 Å². The van der Waals surface area contributed by atoms with Crippen molar-refractivity contribution >= 4 is 17.0 Å². The van der Waals surface area contributed by atoms with Crippen LogP contribution in [0.15, 0.2) is 77.9 Å². The van der Waals surface area contributed by atoms with E-state index >= 15 is 0 Å². The molecule has 0 N–H and O–H groups in total. The monoisotopic (exact) mass is 500 g/mol. The fraction of sp³-hybridized carbons (Fsp3) is 0.345. The van der Waals surface area contributed by atoms with Gasteiger partial charge in [0.25, 0.3) is 5.56 Å². The molecule has 2 aromatic carbocycles. The van der Waals surface area contributed by atoms with Crippen LogP contribution in [0.2, 0.25) is 0 Å². The topological polar surface area (TPSA) is 78.6 Å². The molecule has 0 aliphatic carbocycles. The highest BCUT2D eigenvalue weighted by atomic mass is 16.6. The Hall–Kier alpha value is -4.07. The third-order valence-corrected chi connectivity index (χ3v) is 6.43. The van der Waals surface area contributed by atoms with Gasteiger partial charge in [0, 0.05) is 29.9 Å². The molecule has 3 heterocycles. The van der Waals surface area contributed by atoms with E-state index in [4.69, 9.17) is 9.47 Å². The molecule has 0 radical (unpaired) electrons. The molecule has 8 heteroatoms. The largest absolute Gasteiger partial charge is 0.489 e. The second-order valence-electron chi connectivity index (χ2n) is 10.4. The zero-order chi connectivity index (χ0) is 26.0. The molecule has 5 rings (SSSR count). The third-order valence-electron chi connectivity index (χ3n) is 6.43. The number of rotatable bonds is 6. The number of fused-ring (bicyclic) bond motifs is 1. The molecule has 0 bridgehead atoms. The summed E-state index contributed by atoms with van der Waals surface area (Å²) in [6.07, 6.45) is 5.11. The number of amides is 1. The lowest BCUT2D eigenvalue weighted by molar-refractivity contribution is 0.0212. The van der Waals surface area contributed by atoms with Crippen LogP contribution in [0.3, 0.4) is 0 Å². The van der Waals surface area contributed by atoms with Gasteiger partial charge in [0.05, 0.1) is 24.3 Å². The number of carbonyl (C=O) groups excluding carboxylic acids is 1. The van der Waals surface area contributed by atoms with Crippen LogP contribution < -0.4 is 10.3 Å². The summed E-state index contributed by atoms with van der Waals surface area (Å²) in [6, 6.07) is 19.0. The second kappa shape index (κ2) is 10.1. The fourth-order valence-electron chi connectivity index (χ4n) is 4.66. The highest BCUT2D eigenvalue weighted by molar-refractivity contribution is 5.81. The molecular weight excluding hydrogens is 468 g/mol. The predicted octanol–water partition coefficient (Wildman–Crippen LogP) is 5.17. The van der Waals surface area contributed by atoms with Crippen LogP contribution in [0, 0.1) is 0 Å². The average molecular weight is 501 g/mol. The van der Waals surface area contributed by atoms with Gasteiger partial charge < -0.3 is 14.4 Å². The van der Waals surface area contributed by atoms with Crippen LogP contribution in [-0.4, -0.2) is 43.5 Å². The first-order valence-corrected chi connectivity index (χ1v) is 12.6. The molecule has 8 nitrogen and oxygen atoms in total. The van der Waals surface area contributed by atoms with Gasteiger partial charge in [-0.25, -0.2) is 4.79 Å². The Balaban J connectivity index is 1.30. The molecule has 4 aromatic rings. The molecule has 1 aliphatic rings. The maximum atomic E-state index is 12.8. The summed E-state index contributed by atoms with van der Waals surface area (Å²) >= 11 is 0. The van der Waals surface area contributed by atoms with Gasteiger partial charge in [0.1, 0.15) is 18.0 Å². The molecule has 1 amide bonds. The molecule has 0 unspecified atom stereocenters. The van der Waals surface area contributed by atoms with E-state index in [-0.39, 0.29) is 17.7 Å². The Kier molecular flexibility index (Phi) is 6.74. The molecular formula is C29H32N4O4. The summed E-state index contributed by atoms with van der Waals surface area (Å²) in [5.41, 5.74) is 2.05. The lowest BCUT2D eigenvalue weighted by atomic mass is 10.2. The Morgan fingerprint density at radius 1 is 1.08 bits per heavy atom. The average Bonchev–Trinajstić information content (AvgIpc) is 3.49. The molecule has 1 atom stereocenters. The zero-order valence-electron chi connectivity index (χ0n) is 21.5. The van der Waals surface area contributed by atoms with Crippen molar-refractivity contribution in [1.29, 1.82) is 0 Å². The van der Waals surface area contributed by atoms with E-state index in [1.807, 2.05) is 78.9 Å². The zero-order valence-corrected chi connectivity index (χ0v) is 21.5. The number of pyridine rings is 1. The quantitative estimate of drug-likeness (QED) is 0.365. The van der Waals surface area contributed by atoms with Gasteiger partial charge in [-0.2, -0.15) is 5.10 Å². The summed E-state index contributed by atoms with van der Waals surface area (Å²) in [4.78, 5) is 27.3. The summed E-state index contributed by atoms with van der Waals surface area (Å²) < 4.78 is 14.9. The molecule has 37 heavy (non-hydrogen) atoms. The van der Waals surface area contributed by atoms with Gasteiger partial charge in [-0.1, -0.05) is 30.3 Å². The Morgan fingerprint density at radius 2 is 1.89 bits per heavy atom. The van der Waals surface area contributed by atoms with E-state index in [2.05, 4.69) is 5.10 Å².